The largest absolute Gasteiger partial charge is 0.394 e. The first kappa shape index (κ1) is 18.2. The Morgan fingerprint density at radius 3 is 2.38 bits per heavy atom. The second kappa shape index (κ2) is 7.34. The number of ether oxygens (including phenoxy) is 1. The molecule has 0 saturated carbocycles. The van der Waals surface area contributed by atoms with Crippen LogP contribution >= 0.6 is 0 Å². The molecule has 3 N–H and O–H groups in total. The third-order valence-electron chi connectivity index (χ3n) is 4.25. The van der Waals surface area contributed by atoms with E-state index in [0.717, 1.165) is 16.8 Å². The van der Waals surface area contributed by atoms with Gasteiger partial charge in [-0.15, -0.1) is 0 Å². The van der Waals surface area contributed by atoms with E-state index in [1.54, 1.807) is 30.3 Å². The maximum atomic E-state index is 12.6. The monoisotopic (exact) mass is 362 g/mol. The van der Waals surface area contributed by atoms with E-state index >= 15 is 0 Å². The number of rotatable bonds is 4. The Kier molecular flexibility index (Phi) is 5.14. The first-order valence-corrected chi connectivity index (χ1v) is 7.98. The lowest BCUT2D eigenvalue weighted by Crippen LogP contribution is -2.46. The summed E-state index contributed by atoms with van der Waals surface area (Å²) in [4.78, 5) is 37.1. The molecule has 9 heteroatoms. The highest BCUT2D eigenvalue weighted by atomic mass is 16.6. The fourth-order valence-electron chi connectivity index (χ4n) is 2.87. The number of aliphatic hydroxyl groups is 3. The fraction of sp³-hybridized carbons (Fsp3) is 0.353. The number of carbonyl (C=O) groups excluding carboxylic acids is 1. The molecule has 1 aliphatic rings. The topological polar surface area (TPSA) is 131 Å². The SMILES string of the molecule is O=C(Cc1ccccc1)n1c(=O)ccn([C@@H]2O[C@H](CO)[C@@H](O)[C@H]2O)c1=O. The van der Waals surface area contributed by atoms with Gasteiger partial charge in [0.25, 0.3) is 5.56 Å². The minimum atomic E-state index is -1.50. The van der Waals surface area contributed by atoms with Crippen LogP contribution in [0, 0.1) is 0 Å². The molecule has 2 aromatic rings. The highest BCUT2D eigenvalue weighted by molar-refractivity contribution is 5.80. The third-order valence-corrected chi connectivity index (χ3v) is 4.25. The lowest BCUT2D eigenvalue weighted by Gasteiger charge is -2.18. The molecule has 1 aromatic carbocycles. The number of aromatic nitrogens is 2. The molecule has 1 saturated heterocycles. The second-order valence-electron chi connectivity index (χ2n) is 5.96. The van der Waals surface area contributed by atoms with Gasteiger partial charge in [-0.05, 0) is 5.56 Å². The maximum absolute atomic E-state index is 12.6. The Hall–Kier alpha value is -2.59. The number of carbonyl (C=O) groups is 1. The van der Waals surface area contributed by atoms with Crippen molar-refractivity contribution in [3.05, 3.63) is 69.0 Å². The van der Waals surface area contributed by atoms with Crippen LogP contribution in [0.15, 0.2) is 52.2 Å². The average Bonchev–Trinajstić information content (AvgIpc) is 2.91. The molecule has 1 fully saturated rings. The molecule has 1 aliphatic heterocycles. The number of benzene rings is 1. The lowest BCUT2D eigenvalue weighted by molar-refractivity contribution is -0.0554. The van der Waals surface area contributed by atoms with Crippen LogP contribution in [0.25, 0.3) is 0 Å². The van der Waals surface area contributed by atoms with E-state index in [1.165, 1.54) is 0 Å². The van der Waals surface area contributed by atoms with Crippen molar-refractivity contribution in [3.63, 3.8) is 0 Å². The minimum Gasteiger partial charge on any atom is -0.394 e. The number of hydrogen-bond acceptors (Lipinski definition) is 7. The molecule has 3 rings (SSSR count). The van der Waals surface area contributed by atoms with E-state index < -0.39 is 48.3 Å². The van der Waals surface area contributed by atoms with Crippen molar-refractivity contribution in [2.45, 2.75) is 31.0 Å². The molecular weight excluding hydrogens is 344 g/mol. The van der Waals surface area contributed by atoms with Gasteiger partial charge in [-0.3, -0.25) is 14.2 Å². The summed E-state index contributed by atoms with van der Waals surface area (Å²) in [6.45, 7) is -0.559. The molecule has 4 atom stereocenters. The van der Waals surface area contributed by atoms with Crippen molar-refractivity contribution < 1.29 is 24.9 Å². The predicted molar refractivity (Wildman–Crippen MR) is 88.7 cm³/mol. The van der Waals surface area contributed by atoms with Gasteiger partial charge in [0, 0.05) is 12.3 Å². The Morgan fingerprint density at radius 1 is 1.08 bits per heavy atom. The Balaban J connectivity index is 1.96. The van der Waals surface area contributed by atoms with Gasteiger partial charge in [-0.2, -0.15) is 4.57 Å². The quantitative estimate of drug-likeness (QED) is 0.603. The highest BCUT2D eigenvalue weighted by Gasteiger charge is 2.44. The van der Waals surface area contributed by atoms with Crippen molar-refractivity contribution in [2.24, 2.45) is 0 Å². The summed E-state index contributed by atoms with van der Waals surface area (Å²) in [6, 6.07) is 9.62. The van der Waals surface area contributed by atoms with E-state index in [-0.39, 0.29) is 6.42 Å². The first-order valence-electron chi connectivity index (χ1n) is 7.98. The zero-order chi connectivity index (χ0) is 18.8. The van der Waals surface area contributed by atoms with Crippen LogP contribution in [-0.2, 0) is 11.2 Å². The van der Waals surface area contributed by atoms with Gasteiger partial charge in [0.05, 0.1) is 13.0 Å². The van der Waals surface area contributed by atoms with Crippen LogP contribution in [0.5, 0.6) is 0 Å². The second-order valence-corrected chi connectivity index (χ2v) is 5.96. The van der Waals surface area contributed by atoms with Gasteiger partial charge < -0.3 is 20.1 Å². The third kappa shape index (κ3) is 3.25. The molecule has 0 aliphatic carbocycles. The van der Waals surface area contributed by atoms with Gasteiger partial charge in [0.1, 0.15) is 18.3 Å². The smallest absolute Gasteiger partial charge is 0.340 e. The molecule has 26 heavy (non-hydrogen) atoms. The van der Waals surface area contributed by atoms with Crippen molar-refractivity contribution in [2.75, 3.05) is 6.61 Å². The molecule has 2 heterocycles. The molecule has 0 spiro atoms. The van der Waals surface area contributed by atoms with Crippen LogP contribution in [0.3, 0.4) is 0 Å². The van der Waals surface area contributed by atoms with Crippen molar-refractivity contribution >= 4 is 5.91 Å². The zero-order valence-electron chi connectivity index (χ0n) is 13.6. The zero-order valence-corrected chi connectivity index (χ0v) is 13.6. The summed E-state index contributed by atoms with van der Waals surface area (Å²) < 4.78 is 6.60. The van der Waals surface area contributed by atoms with Gasteiger partial charge >= 0.3 is 5.69 Å². The van der Waals surface area contributed by atoms with Crippen molar-refractivity contribution in [3.8, 4) is 0 Å². The summed E-state index contributed by atoms with van der Waals surface area (Å²) in [5.41, 5.74) is -1.17. The van der Waals surface area contributed by atoms with Gasteiger partial charge in [-0.1, -0.05) is 30.3 Å². The highest BCUT2D eigenvalue weighted by Crippen LogP contribution is 2.27. The van der Waals surface area contributed by atoms with E-state index in [2.05, 4.69) is 0 Å². The number of aliphatic hydroxyl groups excluding tert-OH is 3. The molecule has 0 unspecified atom stereocenters. The molecular formula is C17H18N2O7. The first-order chi connectivity index (χ1) is 12.4. The standard InChI is InChI=1S/C17H18N2O7/c20-9-11-14(23)15(24)16(26-11)18-7-6-12(21)19(17(18)25)13(22)8-10-4-2-1-3-5-10/h1-7,11,14-16,20,23-24H,8-9H2/t11-,14-,15-,16-/m1/s1. The van der Waals surface area contributed by atoms with Crippen LogP contribution < -0.4 is 11.2 Å². The van der Waals surface area contributed by atoms with Crippen molar-refractivity contribution in [1.29, 1.82) is 0 Å². The summed E-state index contributed by atoms with van der Waals surface area (Å²) in [7, 11) is 0. The average molecular weight is 362 g/mol. The molecule has 9 nitrogen and oxygen atoms in total. The van der Waals surface area contributed by atoms with Gasteiger partial charge in [0.2, 0.25) is 5.91 Å². The van der Waals surface area contributed by atoms with Crippen molar-refractivity contribution in [1.82, 2.24) is 9.13 Å². The molecule has 1 aromatic heterocycles. The Labute approximate surface area is 147 Å². The molecule has 0 radical (unpaired) electrons. The molecule has 0 amide bonds. The maximum Gasteiger partial charge on any atom is 0.340 e. The van der Waals surface area contributed by atoms with E-state index in [4.69, 9.17) is 9.84 Å². The number of nitrogens with zero attached hydrogens (tertiary/aromatic N) is 2. The lowest BCUT2D eigenvalue weighted by atomic mass is 10.1. The summed E-state index contributed by atoms with van der Waals surface area (Å²) in [6.07, 6.45) is -4.39. The predicted octanol–water partition coefficient (Wildman–Crippen LogP) is -1.50. The van der Waals surface area contributed by atoms with Crippen LogP contribution in [-0.4, -0.2) is 55.3 Å². The van der Waals surface area contributed by atoms with E-state index in [9.17, 15) is 24.6 Å². The summed E-state index contributed by atoms with van der Waals surface area (Å²) in [5.74, 6) is -0.729. The van der Waals surface area contributed by atoms with Crippen LogP contribution in [0.2, 0.25) is 0 Å². The van der Waals surface area contributed by atoms with Crippen LogP contribution in [0.4, 0.5) is 0 Å². The Morgan fingerprint density at radius 2 is 1.77 bits per heavy atom. The van der Waals surface area contributed by atoms with E-state index in [1.807, 2.05) is 0 Å². The Bertz CT molecular complexity index is 905. The van der Waals surface area contributed by atoms with Gasteiger partial charge in [0.15, 0.2) is 6.23 Å². The number of hydrogen-bond donors (Lipinski definition) is 3. The summed E-state index contributed by atoms with van der Waals surface area (Å²) in [5, 5.41) is 29.0. The molecule has 0 bridgehead atoms. The normalized spacial score (nSPS) is 25.3. The molecule has 138 valence electrons. The van der Waals surface area contributed by atoms with Crippen LogP contribution in [0.1, 0.15) is 16.6 Å². The summed E-state index contributed by atoms with van der Waals surface area (Å²) >= 11 is 0. The van der Waals surface area contributed by atoms with E-state index in [0.29, 0.717) is 10.1 Å². The fourth-order valence-corrected chi connectivity index (χ4v) is 2.87. The minimum absolute atomic E-state index is 0.157. The van der Waals surface area contributed by atoms with Gasteiger partial charge in [-0.25, -0.2) is 4.79 Å².